The first kappa shape index (κ1) is 15.3. The Morgan fingerprint density at radius 2 is 2.24 bits per heavy atom. The molecule has 0 bridgehead atoms. The molecule has 2 rings (SSSR count). The van der Waals surface area contributed by atoms with E-state index in [1.54, 1.807) is 13.2 Å². The van der Waals surface area contributed by atoms with Crippen molar-refractivity contribution >= 4 is 22.3 Å². The molecule has 0 saturated carbocycles. The molecule has 1 atom stereocenters. The van der Waals surface area contributed by atoms with Gasteiger partial charge in [0.05, 0.1) is 35.2 Å². The summed E-state index contributed by atoms with van der Waals surface area (Å²) in [6.45, 7) is 5.63. The van der Waals surface area contributed by atoms with Gasteiger partial charge < -0.3 is 20.4 Å². The van der Waals surface area contributed by atoms with Gasteiger partial charge in [-0.2, -0.15) is 0 Å². The third kappa shape index (κ3) is 3.16. The van der Waals surface area contributed by atoms with Crippen molar-refractivity contribution in [2.24, 2.45) is 0 Å². The van der Waals surface area contributed by atoms with Crippen LogP contribution in [0.1, 0.15) is 20.3 Å². The van der Waals surface area contributed by atoms with Gasteiger partial charge in [-0.05, 0) is 25.5 Å². The van der Waals surface area contributed by atoms with Crippen LogP contribution in [0.3, 0.4) is 0 Å². The van der Waals surface area contributed by atoms with E-state index >= 15 is 0 Å². The second-order valence-electron chi connectivity index (χ2n) is 5.10. The molecule has 6 nitrogen and oxygen atoms in total. The number of hydrogen-bond donors (Lipinski definition) is 2. The van der Waals surface area contributed by atoms with Crippen LogP contribution in [-0.2, 0) is 4.74 Å². The minimum absolute atomic E-state index is 0.176. The number of methoxy groups -OCH3 is 1. The minimum atomic E-state index is -0.176. The summed E-state index contributed by atoms with van der Waals surface area (Å²) >= 11 is 0. The Kier molecular flexibility index (Phi) is 4.80. The van der Waals surface area contributed by atoms with E-state index in [0.29, 0.717) is 29.2 Å². The molecule has 0 aliphatic carbocycles. The molecule has 0 spiro atoms. The maximum absolute atomic E-state index is 11.8. The summed E-state index contributed by atoms with van der Waals surface area (Å²) in [5, 5.41) is 0.509. The molecule has 1 aromatic carbocycles. The number of anilines is 2. The van der Waals surface area contributed by atoms with Gasteiger partial charge in [0.15, 0.2) is 0 Å². The summed E-state index contributed by atoms with van der Waals surface area (Å²) in [5.41, 5.74) is 8.11. The number of ether oxygens (including phenoxy) is 1. The molecular formula is C15H22N4O2. The number of nitrogen functional groups attached to an aromatic ring is 1. The van der Waals surface area contributed by atoms with Crippen molar-refractivity contribution in [1.29, 1.82) is 0 Å². The molecule has 21 heavy (non-hydrogen) atoms. The zero-order valence-corrected chi connectivity index (χ0v) is 12.7. The van der Waals surface area contributed by atoms with Crippen LogP contribution in [0.2, 0.25) is 0 Å². The molecule has 0 radical (unpaired) electrons. The summed E-state index contributed by atoms with van der Waals surface area (Å²) in [4.78, 5) is 20.8. The fraction of sp³-hybridized carbons (Fsp3) is 0.467. The van der Waals surface area contributed by atoms with Crippen LogP contribution in [0.5, 0.6) is 0 Å². The van der Waals surface area contributed by atoms with Gasteiger partial charge in [-0.1, -0.05) is 6.92 Å². The van der Waals surface area contributed by atoms with Gasteiger partial charge in [-0.25, -0.2) is 4.98 Å². The number of aromatic amines is 1. The van der Waals surface area contributed by atoms with E-state index in [0.717, 1.165) is 18.7 Å². The van der Waals surface area contributed by atoms with E-state index < -0.39 is 0 Å². The second kappa shape index (κ2) is 6.58. The minimum Gasteiger partial charge on any atom is -0.397 e. The third-order valence-corrected chi connectivity index (χ3v) is 3.76. The molecule has 0 aliphatic heterocycles. The number of rotatable bonds is 6. The average Bonchev–Trinajstić information content (AvgIpc) is 2.48. The number of benzene rings is 1. The van der Waals surface area contributed by atoms with Gasteiger partial charge in [0.2, 0.25) is 0 Å². The third-order valence-electron chi connectivity index (χ3n) is 3.76. The molecule has 114 valence electrons. The molecule has 1 heterocycles. The molecule has 6 heteroatoms. The number of nitrogens with one attached hydrogen (secondary N) is 1. The molecule has 0 saturated heterocycles. The van der Waals surface area contributed by atoms with Gasteiger partial charge in [-0.15, -0.1) is 0 Å². The van der Waals surface area contributed by atoms with Crippen molar-refractivity contribution in [2.75, 3.05) is 30.9 Å². The molecule has 0 amide bonds. The number of aromatic nitrogens is 2. The summed E-state index contributed by atoms with van der Waals surface area (Å²) in [6, 6.07) is 3.89. The lowest BCUT2D eigenvalue weighted by molar-refractivity contribution is 0.203. The Hall–Kier alpha value is -2.08. The van der Waals surface area contributed by atoms with Gasteiger partial charge in [0.1, 0.15) is 0 Å². The van der Waals surface area contributed by atoms with Crippen LogP contribution < -0.4 is 16.2 Å². The molecule has 3 N–H and O–H groups in total. The van der Waals surface area contributed by atoms with Gasteiger partial charge >= 0.3 is 0 Å². The van der Waals surface area contributed by atoms with Crippen molar-refractivity contribution in [2.45, 2.75) is 26.3 Å². The number of nitrogens with two attached hydrogens (primary N) is 1. The molecular weight excluding hydrogens is 268 g/mol. The van der Waals surface area contributed by atoms with Gasteiger partial charge in [-0.3, -0.25) is 4.79 Å². The number of fused-ring (bicyclic) bond motifs is 1. The lowest BCUT2D eigenvalue weighted by Gasteiger charge is -2.31. The Morgan fingerprint density at radius 1 is 1.48 bits per heavy atom. The zero-order chi connectivity index (χ0) is 15.4. The standard InChI is InChI=1S/C15H22N4O2/c1-4-10(2)19(5-6-21-3)14-8-13-11(7-12(14)16)15(20)18-9-17-13/h7-10H,4-6,16H2,1-3H3,(H,17,18,20). The average molecular weight is 290 g/mol. The predicted octanol–water partition coefficient (Wildman–Crippen LogP) is 1.76. The Bertz CT molecular complexity index is 668. The maximum atomic E-state index is 11.8. The summed E-state index contributed by atoms with van der Waals surface area (Å²) in [5.74, 6) is 0. The Balaban J connectivity index is 2.51. The Morgan fingerprint density at radius 3 is 2.90 bits per heavy atom. The lowest BCUT2D eigenvalue weighted by atomic mass is 10.1. The number of hydrogen-bond acceptors (Lipinski definition) is 5. The first-order chi connectivity index (χ1) is 10.1. The van der Waals surface area contributed by atoms with Crippen molar-refractivity contribution in [3.05, 3.63) is 28.8 Å². The second-order valence-corrected chi connectivity index (χ2v) is 5.10. The van der Waals surface area contributed by atoms with Crippen LogP contribution >= 0.6 is 0 Å². The van der Waals surface area contributed by atoms with Crippen LogP contribution in [0, 0.1) is 0 Å². The maximum Gasteiger partial charge on any atom is 0.258 e. The van der Waals surface area contributed by atoms with Gasteiger partial charge in [0, 0.05) is 19.7 Å². The predicted molar refractivity (Wildman–Crippen MR) is 85.8 cm³/mol. The zero-order valence-electron chi connectivity index (χ0n) is 12.7. The van der Waals surface area contributed by atoms with Crippen molar-refractivity contribution < 1.29 is 4.74 Å². The van der Waals surface area contributed by atoms with E-state index in [9.17, 15) is 4.79 Å². The molecule has 1 aromatic heterocycles. The van der Waals surface area contributed by atoms with Crippen LogP contribution in [-0.4, -0.2) is 36.3 Å². The van der Waals surface area contributed by atoms with E-state index in [1.807, 2.05) is 6.07 Å². The smallest absolute Gasteiger partial charge is 0.258 e. The van der Waals surface area contributed by atoms with E-state index in [2.05, 4.69) is 28.7 Å². The topological polar surface area (TPSA) is 84.2 Å². The highest BCUT2D eigenvalue weighted by molar-refractivity contribution is 5.88. The van der Waals surface area contributed by atoms with Crippen LogP contribution in [0.15, 0.2) is 23.3 Å². The highest BCUT2D eigenvalue weighted by Gasteiger charge is 2.17. The quantitative estimate of drug-likeness (QED) is 0.792. The summed E-state index contributed by atoms with van der Waals surface area (Å²) in [6.07, 6.45) is 2.40. The highest BCUT2D eigenvalue weighted by Crippen LogP contribution is 2.28. The Labute approximate surface area is 123 Å². The first-order valence-corrected chi connectivity index (χ1v) is 7.11. The van der Waals surface area contributed by atoms with Gasteiger partial charge in [0.25, 0.3) is 5.56 Å². The summed E-state index contributed by atoms with van der Waals surface area (Å²) in [7, 11) is 1.68. The van der Waals surface area contributed by atoms with Crippen LogP contribution in [0.25, 0.3) is 10.9 Å². The van der Waals surface area contributed by atoms with Crippen molar-refractivity contribution in [1.82, 2.24) is 9.97 Å². The first-order valence-electron chi connectivity index (χ1n) is 7.11. The monoisotopic (exact) mass is 290 g/mol. The number of H-pyrrole nitrogens is 1. The van der Waals surface area contributed by atoms with E-state index in [1.165, 1.54) is 6.33 Å². The molecule has 1 unspecified atom stereocenters. The largest absolute Gasteiger partial charge is 0.397 e. The van der Waals surface area contributed by atoms with Crippen LogP contribution in [0.4, 0.5) is 11.4 Å². The van der Waals surface area contributed by atoms with E-state index in [-0.39, 0.29) is 5.56 Å². The molecule has 0 fully saturated rings. The van der Waals surface area contributed by atoms with Crippen molar-refractivity contribution in [3.8, 4) is 0 Å². The molecule has 0 aliphatic rings. The van der Waals surface area contributed by atoms with E-state index in [4.69, 9.17) is 10.5 Å². The van der Waals surface area contributed by atoms with Crippen molar-refractivity contribution in [3.63, 3.8) is 0 Å². The fourth-order valence-corrected chi connectivity index (χ4v) is 2.36. The number of nitrogens with zero attached hydrogens (tertiary/aromatic N) is 2. The highest BCUT2D eigenvalue weighted by atomic mass is 16.5. The fourth-order valence-electron chi connectivity index (χ4n) is 2.36. The molecule has 2 aromatic rings. The SMILES string of the molecule is CCC(C)N(CCOC)c1cc2nc[nH]c(=O)c2cc1N. The normalized spacial score (nSPS) is 12.5. The lowest BCUT2D eigenvalue weighted by Crippen LogP contribution is -2.36. The summed E-state index contributed by atoms with van der Waals surface area (Å²) < 4.78 is 5.18.